The average Bonchev–Trinajstić information content (AvgIpc) is 2.48. The lowest BCUT2D eigenvalue weighted by atomic mass is 10.3. The predicted molar refractivity (Wildman–Crippen MR) is 79.6 cm³/mol. The monoisotopic (exact) mass is 328 g/mol. The van der Waals surface area contributed by atoms with E-state index < -0.39 is 10.0 Å². The zero-order valence-electron chi connectivity index (χ0n) is 11.3. The molecule has 0 aliphatic carbocycles. The molecule has 0 amide bonds. The van der Waals surface area contributed by atoms with Crippen molar-refractivity contribution in [3.05, 3.63) is 41.7 Å². The number of hydrogen-bond donors (Lipinski definition) is 1. The molecule has 0 saturated carbocycles. The van der Waals surface area contributed by atoms with Gasteiger partial charge in [-0.1, -0.05) is 11.6 Å². The topological polar surface area (TPSA) is 77.5 Å². The normalized spacial score (nSPS) is 11.0. The number of pyridine rings is 1. The van der Waals surface area contributed by atoms with E-state index in [1.807, 2.05) is 0 Å². The second-order valence-corrected chi connectivity index (χ2v) is 5.97. The summed E-state index contributed by atoms with van der Waals surface area (Å²) in [7, 11) is -1.06. The smallest absolute Gasteiger partial charge is 0.265 e. The number of anilines is 1. The fourth-order valence-corrected chi connectivity index (χ4v) is 3.13. The van der Waals surface area contributed by atoms with Crippen molar-refractivity contribution in [3.63, 3.8) is 0 Å². The molecule has 0 bridgehead atoms. The van der Waals surface area contributed by atoms with Gasteiger partial charge in [0.05, 0.1) is 19.9 Å². The van der Waals surface area contributed by atoms with Gasteiger partial charge in [-0.2, -0.15) is 0 Å². The molecule has 1 aromatic heterocycles. The fraction of sp³-hybridized carbons (Fsp3) is 0.154. The lowest BCUT2D eigenvalue weighted by Gasteiger charge is -2.13. The second kappa shape index (κ2) is 6.19. The first-order valence-corrected chi connectivity index (χ1v) is 7.69. The SMILES string of the molecule is COc1ccc(OC)c(S(=O)(=O)Nc2cccnc2Cl)c1. The molecule has 0 aliphatic heterocycles. The van der Waals surface area contributed by atoms with Crippen LogP contribution in [0.3, 0.4) is 0 Å². The molecule has 21 heavy (non-hydrogen) atoms. The Balaban J connectivity index is 2.46. The van der Waals surface area contributed by atoms with Crippen molar-refractivity contribution in [1.29, 1.82) is 0 Å². The average molecular weight is 329 g/mol. The molecule has 0 spiro atoms. The third-order valence-electron chi connectivity index (χ3n) is 2.66. The summed E-state index contributed by atoms with van der Waals surface area (Å²) in [5, 5.41) is 0.0583. The van der Waals surface area contributed by atoms with Gasteiger partial charge in [0.1, 0.15) is 16.4 Å². The standard InChI is InChI=1S/C13H13ClN2O4S/c1-19-9-5-6-11(20-2)12(8-9)21(17,18)16-10-4-3-7-15-13(10)14/h3-8,16H,1-2H3. The largest absolute Gasteiger partial charge is 0.497 e. The van der Waals surface area contributed by atoms with Crippen molar-refractivity contribution in [2.75, 3.05) is 18.9 Å². The number of methoxy groups -OCH3 is 2. The number of halogens is 1. The van der Waals surface area contributed by atoms with E-state index in [1.165, 1.54) is 38.6 Å². The van der Waals surface area contributed by atoms with Gasteiger partial charge in [-0.15, -0.1) is 0 Å². The highest BCUT2D eigenvalue weighted by atomic mass is 35.5. The maximum absolute atomic E-state index is 12.5. The quantitative estimate of drug-likeness (QED) is 0.853. The Morgan fingerprint density at radius 2 is 1.95 bits per heavy atom. The van der Waals surface area contributed by atoms with E-state index in [2.05, 4.69) is 9.71 Å². The van der Waals surface area contributed by atoms with Crippen LogP contribution in [-0.4, -0.2) is 27.6 Å². The van der Waals surface area contributed by atoms with Crippen molar-refractivity contribution in [1.82, 2.24) is 4.98 Å². The Hall–Kier alpha value is -1.99. The van der Waals surface area contributed by atoms with Crippen LogP contribution in [0, 0.1) is 0 Å². The lowest BCUT2D eigenvalue weighted by molar-refractivity contribution is 0.392. The third kappa shape index (κ3) is 3.37. The zero-order valence-corrected chi connectivity index (χ0v) is 12.9. The van der Waals surface area contributed by atoms with Crippen LogP contribution < -0.4 is 14.2 Å². The summed E-state index contributed by atoms with van der Waals surface area (Å²) in [6.45, 7) is 0. The molecule has 8 heteroatoms. The van der Waals surface area contributed by atoms with Crippen LogP contribution in [0.1, 0.15) is 0 Å². The van der Waals surface area contributed by atoms with Gasteiger partial charge in [-0.25, -0.2) is 13.4 Å². The first-order chi connectivity index (χ1) is 9.97. The van der Waals surface area contributed by atoms with Crippen molar-refractivity contribution < 1.29 is 17.9 Å². The number of sulfonamides is 1. The summed E-state index contributed by atoms with van der Waals surface area (Å²) >= 11 is 5.86. The molecule has 1 heterocycles. The van der Waals surface area contributed by atoms with Crippen LogP contribution in [0.15, 0.2) is 41.4 Å². The van der Waals surface area contributed by atoms with Crippen molar-refractivity contribution in [2.24, 2.45) is 0 Å². The molecule has 1 N–H and O–H groups in total. The van der Waals surface area contributed by atoms with E-state index in [-0.39, 0.29) is 21.5 Å². The van der Waals surface area contributed by atoms with E-state index in [0.717, 1.165) is 0 Å². The molecule has 0 unspecified atom stereocenters. The van der Waals surface area contributed by atoms with Gasteiger partial charge in [-0.3, -0.25) is 4.72 Å². The van der Waals surface area contributed by atoms with Crippen molar-refractivity contribution in [2.45, 2.75) is 4.90 Å². The molecule has 0 radical (unpaired) electrons. The minimum Gasteiger partial charge on any atom is -0.497 e. The van der Waals surface area contributed by atoms with Gasteiger partial charge in [0.25, 0.3) is 10.0 Å². The molecule has 0 atom stereocenters. The van der Waals surface area contributed by atoms with Crippen LogP contribution >= 0.6 is 11.6 Å². The molecule has 0 fully saturated rings. The summed E-state index contributed by atoms with van der Waals surface area (Å²) in [5.74, 6) is 0.594. The lowest BCUT2D eigenvalue weighted by Crippen LogP contribution is -2.14. The molecular weight excluding hydrogens is 316 g/mol. The Bertz CT molecular complexity index is 750. The highest BCUT2D eigenvalue weighted by Gasteiger charge is 2.21. The molecular formula is C13H13ClN2O4S. The Kier molecular flexibility index (Phi) is 4.54. The molecule has 1 aromatic carbocycles. The van der Waals surface area contributed by atoms with Gasteiger partial charge in [0, 0.05) is 12.3 Å². The number of nitrogens with one attached hydrogen (secondary N) is 1. The van der Waals surface area contributed by atoms with Gasteiger partial charge < -0.3 is 9.47 Å². The molecule has 2 aromatic rings. The van der Waals surface area contributed by atoms with Gasteiger partial charge in [-0.05, 0) is 24.3 Å². The van der Waals surface area contributed by atoms with E-state index in [4.69, 9.17) is 21.1 Å². The van der Waals surface area contributed by atoms with Crippen LogP contribution in [0.5, 0.6) is 11.5 Å². The molecule has 0 aliphatic rings. The van der Waals surface area contributed by atoms with Crippen LogP contribution in [0.4, 0.5) is 5.69 Å². The van der Waals surface area contributed by atoms with Crippen molar-refractivity contribution >= 4 is 27.3 Å². The molecule has 112 valence electrons. The number of nitrogens with zero attached hydrogens (tertiary/aromatic N) is 1. The number of ether oxygens (including phenoxy) is 2. The Morgan fingerprint density at radius 3 is 2.57 bits per heavy atom. The second-order valence-electron chi connectivity index (χ2n) is 3.96. The Labute approximate surface area is 127 Å². The van der Waals surface area contributed by atoms with Gasteiger partial charge in [0.15, 0.2) is 5.15 Å². The van der Waals surface area contributed by atoms with Gasteiger partial charge >= 0.3 is 0 Å². The zero-order chi connectivity index (χ0) is 15.5. The van der Waals surface area contributed by atoms with Crippen molar-refractivity contribution in [3.8, 4) is 11.5 Å². The summed E-state index contributed by atoms with van der Waals surface area (Å²) in [6, 6.07) is 7.57. The van der Waals surface area contributed by atoms with E-state index >= 15 is 0 Å². The summed E-state index contributed by atoms with van der Waals surface area (Å²) in [4.78, 5) is 3.76. The minimum absolute atomic E-state index is 0.0516. The third-order valence-corrected chi connectivity index (χ3v) is 4.35. The first kappa shape index (κ1) is 15.4. The number of hydrogen-bond acceptors (Lipinski definition) is 5. The maximum Gasteiger partial charge on any atom is 0.265 e. The number of aromatic nitrogens is 1. The maximum atomic E-state index is 12.5. The van der Waals surface area contributed by atoms with Crippen LogP contribution in [-0.2, 0) is 10.0 Å². The minimum atomic E-state index is -3.89. The van der Waals surface area contributed by atoms with E-state index in [9.17, 15) is 8.42 Å². The van der Waals surface area contributed by atoms with Crippen LogP contribution in [0.25, 0.3) is 0 Å². The predicted octanol–water partition coefficient (Wildman–Crippen LogP) is 2.55. The molecule has 0 saturated heterocycles. The number of benzene rings is 1. The molecule has 6 nitrogen and oxygen atoms in total. The van der Waals surface area contributed by atoms with Gasteiger partial charge in [0.2, 0.25) is 0 Å². The van der Waals surface area contributed by atoms with E-state index in [0.29, 0.717) is 5.75 Å². The number of rotatable bonds is 5. The summed E-state index contributed by atoms with van der Waals surface area (Å²) < 4.78 is 37.4. The highest BCUT2D eigenvalue weighted by molar-refractivity contribution is 7.92. The van der Waals surface area contributed by atoms with E-state index in [1.54, 1.807) is 12.1 Å². The Morgan fingerprint density at radius 1 is 1.19 bits per heavy atom. The fourth-order valence-electron chi connectivity index (χ4n) is 1.66. The first-order valence-electron chi connectivity index (χ1n) is 5.83. The summed E-state index contributed by atoms with van der Waals surface area (Å²) in [5.41, 5.74) is 0.184. The molecule has 2 rings (SSSR count). The van der Waals surface area contributed by atoms with Crippen LogP contribution in [0.2, 0.25) is 5.15 Å². The summed E-state index contributed by atoms with van der Waals surface area (Å²) in [6.07, 6.45) is 1.46. The highest BCUT2D eigenvalue weighted by Crippen LogP contribution is 2.30.